The molecule has 2 aliphatic rings. The lowest BCUT2D eigenvalue weighted by Gasteiger charge is -2.01. The predicted molar refractivity (Wildman–Crippen MR) is 97.8 cm³/mol. The second-order valence-electron chi connectivity index (χ2n) is 5.80. The molecule has 0 amide bonds. The maximum absolute atomic E-state index is 11.4. The monoisotopic (exact) mass is 296 g/mol. The second-order valence-corrected chi connectivity index (χ2v) is 5.80. The molecule has 0 atom stereocenters. The highest BCUT2D eigenvalue weighted by Gasteiger charge is 2.16. The average Bonchev–Trinajstić information content (AvgIpc) is 2.70. The summed E-state index contributed by atoms with van der Waals surface area (Å²) in [6.07, 6.45) is 3.60. The van der Waals surface area contributed by atoms with Gasteiger partial charge in [-0.1, -0.05) is 72.8 Å². The SMILES string of the molecule is CC(=O)/C=C/c1c2cccccc-2c2c1ccc1ccccc12. The minimum absolute atomic E-state index is 0.0635. The van der Waals surface area contributed by atoms with Gasteiger partial charge in [0.1, 0.15) is 0 Å². The maximum atomic E-state index is 11.4. The molecular formula is C22H16O. The highest BCUT2D eigenvalue weighted by Crippen LogP contribution is 2.42. The average molecular weight is 296 g/mol. The number of benzene rings is 2. The molecule has 0 unspecified atom stereocenters. The summed E-state index contributed by atoms with van der Waals surface area (Å²) in [6, 6.07) is 23.2. The molecule has 0 aliphatic heterocycles. The van der Waals surface area contributed by atoms with E-state index in [2.05, 4.69) is 60.7 Å². The topological polar surface area (TPSA) is 17.1 Å². The number of ketones is 1. The van der Waals surface area contributed by atoms with Gasteiger partial charge in [0.15, 0.2) is 5.78 Å². The lowest BCUT2D eigenvalue weighted by atomic mass is 10.0. The van der Waals surface area contributed by atoms with Crippen LogP contribution < -0.4 is 0 Å². The van der Waals surface area contributed by atoms with Crippen LogP contribution in [0.5, 0.6) is 0 Å². The Morgan fingerprint density at radius 1 is 0.783 bits per heavy atom. The van der Waals surface area contributed by atoms with Gasteiger partial charge >= 0.3 is 0 Å². The van der Waals surface area contributed by atoms with E-state index in [1.165, 1.54) is 32.7 Å². The number of rotatable bonds is 2. The Morgan fingerprint density at radius 3 is 2.35 bits per heavy atom. The van der Waals surface area contributed by atoms with Gasteiger partial charge in [0.2, 0.25) is 0 Å². The molecule has 0 spiro atoms. The van der Waals surface area contributed by atoms with Gasteiger partial charge in [-0.25, -0.2) is 0 Å². The van der Waals surface area contributed by atoms with E-state index < -0.39 is 0 Å². The van der Waals surface area contributed by atoms with E-state index in [4.69, 9.17) is 0 Å². The summed E-state index contributed by atoms with van der Waals surface area (Å²) in [5, 5.41) is 4.95. The van der Waals surface area contributed by atoms with Gasteiger partial charge in [0, 0.05) is 0 Å². The molecule has 0 bridgehead atoms. The van der Waals surface area contributed by atoms with E-state index in [9.17, 15) is 4.79 Å². The van der Waals surface area contributed by atoms with E-state index in [-0.39, 0.29) is 5.78 Å². The fourth-order valence-electron chi connectivity index (χ4n) is 3.31. The summed E-state index contributed by atoms with van der Waals surface area (Å²) < 4.78 is 0. The fourth-order valence-corrected chi connectivity index (χ4v) is 3.31. The standard InChI is InChI=1S/C22H16O/c1-15(23)11-13-19-18-9-3-2-4-10-20(18)22-17-8-6-5-7-16(17)12-14-21(19)22/h2-14H,1H3/b13-11+. The van der Waals surface area contributed by atoms with Crippen LogP contribution in [0, 0.1) is 0 Å². The smallest absolute Gasteiger partial charge is 0.152 e. The molecular weight excluding hydrogens is 280 g/mol. The van der Waals surface area contributed by atoms with Crippen LogP contribution in [0.1, 0.15) is 12.5 Å². The molecule has 1 heteroatoms. The number of allylic oxidation sites excluding steroid dienone is 1. The van der Waals surface area contributed by atoms with Crippen molar-refractivity contribution in [3.05, 3.63) is 78.4 Å². The summed E-state index contributed by atoms with van der Waals surface area (Å²) in [4.78, 5) is 11.4. The van der Waals surface area contributed by atoms with Gasteiger partial charge in [-0.15, -0.1) is 0 Å². The number of hydrogen-bond donors (Lipinski definition) is 0. The Morgan fingerprint density at radius 2 is 1.52 bits per heavy atom. The summed E-state index contributed by atoms with van der Waals surface area (Å²) in [5.74, 6) is 0.0635. The van der Waals surface area contributed by atoms with Gasteiger partial charge in [0.05, 0.1) is 0 Å². The molecule has 1 nitrogen and oxygen atoms in total. The summed E-state index contributed by atoms with van der Waals surface area (Å²) in [7, 11) is 0. The Hall–Kier alpha value is -2.93. The van der Waals surface area contributed by atoms with Crippen LogP contribution in [-0.2, 0) is 4.79 Å². The Kier molecular flexibility index (Phi) is 3.20. The van der Waals surface area contributed by atoms with E-state index in [0.717, 1.165) is 5.56 Å². The lowest BCUT2D eigenvalue weighted by molar-refractivity contribution is -0.112. The zero-order valence-electron chi connectivity index (χ0n) is 12.9. The van der Waals surface area contributed by atoms with Crippen LogP contribution in [0.4, 0.5) is 0 Å². The number of hydrogen-bond acceptors (Lipinski definition) is 1. The van der Waals surface area contributed by atoms with Gasteiger partial charge < -0.3 is 0 Å². The highest BCUT2D eigenvalue weighted by molar-refractivity contribution is 6.21. The molecule has 2 aromatic carbocycles. The zero-order valence-corrected chi connectivity index (χ0v) is 12.9. The molecule has 0 heterocycles. The first-order valence-electron chi connectivity index (χ1n) is 7.76. The molecule has 110 valence electrons. The summed E-state index contributed by atoms with van der Waals surface area (Å²) in [6.45, 7) is 1.58. The number of carbonyl (C=O) groups excluding carboxylic acids is 1. The van der Waals surface area contributed by atoms with E-state index in [0.29, 0.717) is 0 Å². The minimum atomic E-state index is 0.0635. The molecule has 2 aromatic rings. The molecule has 4 rings (SSSR count). The van der Waals surface area contributed by atoms with Crippen LogP contribution in [0.25, 0.3) is 38.7 Å². The number of carbonyl (C=O) groups is 1. The van der Waals surface area contributed by atoms with Crippen molar-refractivity contribution in [2.24, 2.45) is 0 Å². The molecule has 0 saturated carbocycles. The quantitative estimate of drug-likeness (QED) is 0.434. The van der Waals surface area contributed by atoms with Gasteiger partial charge in [-0.05, 0) is 51.2 Å². The Labute approximate surface area is 135 Å². The van der Waals surface area contributed by atoms with Crippen molar-refractivity contribution in [1.82, 2.24) is 0 Å². The fraction of sp³-hybridized carbons (Fsp3) is 0.0455. The van der Waals surface area contributed by atoms with Crippen molar-refractivity contribution in [3.8, 4) is 11.1 Å². The van der Waals surface area contributed by atoms with Crippen LogP contribution in [0.3, 0.4) is 0 Å². The molecule has 2 aliphatic carbocycles. The Bertz CT molecular complexity index is 1040. The zero-order chi connectivity index (χ0) is 15.8. The van der Waals surface area contributed by atoms with E-state index in [1.807, 2.05) is 12.1 Å². The molecule has 0 aromatic heterocycles. The molecule has 0 fully saturated rings. The first-order chi connectivity index (χ1) is 11.3. The minimum Gasteiger partial charge on any atom is -0.295 e. The van der Waals surface area contributed by atoms with Crippen molar-refractivity contribution in [2.75, 3.05) is 0 Å². The van der Waals surface area contributed by atoms with E-state index in [1.54, 1.807) is 13.0 Å². The molecule has 23 heavy (non-hydrogen) atoms. The second kappa shape index (κ2) is 5.36. The van der Waals surface area contributed by atoms with Gasteiger partial charge in [0.25, 0.3) is 0 Å². The first kappa shape index (κ1) is 13.7. The molecule has 0 radical (unpaired) electrons. The van der Waals surface area contributed by atoms with Crippen molar-refractivity contribution in [1.29, 1.82) is 0 Å². The van der Waals surface area contributed by atoms with Gasteiger partial charge in [-0.2, -0.15) is 0 Å². The summed E-state index contributed by atoms with van der Waals surface area (Å²) in [5.41, 5.74) is 3.52. The first-order valence-corrected chi connectivity index (χ1v) is 7.76. The van der Waals surface area contributed by atoms with E-state index >= 15 is 0 Å². The van der Waals surface area contributed by atoms with Gasteiger partial charge in [-0.3, -0.25) is 4.79 Å². The molecule has 0 saturated heterocycles. The number of fused-ring (bicyclic) bond motifs is 5. The van der Waals surface area contributed by atoms with Crippen molar-refractivity contribution in [3.63, 3.8) is 0 Å². The lowest BCUT2D eigenvalue weighted by Crippen LogP contribution is -1.80. The Balaban J connectivity index is 2.20. The summed E-state index contributed by atoms with van der Waals surface area (Å²) >= 11 is 0. The normalized spacial score (nSPS) is 11.7. The van der Waals surface area contributed by atoms with Crippen LogP contribution in [0.15, 0.2) is 72.8 Å². The third-order valence-corrected chi connectivity index (χ3v) is 4.30. The van der Waals surface area contributed by atoms with Crippen LogP contribution in [-0.4, -0.2) is 5.78 Å². The molecule has 0 N–H and O–H groups in total. The maximum Gasteiger partial charge on any atom is 0.152 e. The largest absolute Gasteiger partial charge is 0.295 e. The highest BCUT2D eigenvalue weighted by atomic mass is 16.1. The van der Waals surface area contributed by atoms with Crippen LogP contribution in [0.2, 0.25) is 0 Å². The van der Waals surface area contributed by atoms with Crippen molar-refractivity contribution >= 4 is 33.4 Å². The third kappa shape index (κ3) is 2.22. The third-order valence-electron chi connectivity index (χ3n) is 4.30. The van der Waals surface area contributed by atoms with Crippen LogP contribution >= 0.6 is 0 Å². The van der Waals surface area contributed by atoms with Crippen molar-refractivity contribution in [2.45, 2.75) is 6.92 Å². The predicted octanol–water partition coefficient (Wildman–Crippen LogP) is 5.70. The van der Waals surface area contributed by atoms with Crippen molar-refractivity contribution < 1.29 is 4.79 Å².